The van der Waals surface area contributed by atoms with Crippen LogP contribution in [0.3, 0.4) is 0 Å². The average molecular weight is 987 g/mol. The number of benzene rings is 10. The molecule has 3 aliphatic heterocycles. The minimum Gasteiger partial charge on any atom is -0.311 e. The third-order valence-corrected chi connectivity index (χ3v) is 20.3. The number of anilines is 6. The number of para-hydroxylation sites is 3. The minimum atomic E-state index is -0.0432. The fourth-order valence-electron chi connectivity index (χ4n) is 17.4. The topological polar surface area (TPSA) is 6.48 Å². The first-order chi connectivity index (χ1) is 37.8. The Labute approximate surface area is 453 Å². The Morgan fingerprint density at radius 2 is 0.935 bits per heavy atom. The molecule has 77 heavy (non-hydrogen) atoms. The maximum Gasteiger partial charge on any atom is 0.252 e. The molecule has 0 radical (unpaired) electrons. The first-order valence-electron chi connectivity index (χ1n) is 28.5. The van der Waals surface area contributed by atoms with Gasteiger partial charge in [0.05, 0.1) is 5.69 Å². The zero-order valence-corrected chi connectivity index (χ0v) is 44.1. The van der Waals surface area contributed by atoms with Crippen LogP contribution in [-0.4, -0.2) is 6.71 Å². The Bertz CT molecular complexity index is 4100. The van der Waals surface area contributed by atoms with Crippen molar-refractivity contribution in [2.45, 2.75) is 63.7 Å². The molecule has 368 valence electrons. The van der Waals surface area contributed by atoms with Crippen molar-refractivity contribution in [2.24, 2.45) is 23.7 Å². The quantitative estimate of drug-likeness (QED) is 0.159. The van der Waals surface area contributed by atoms with E-state index in [4.69, 9.17) is 0 Å². The van der Waals surface area contributed by atoms with Crippen molar-refractivity contribution in [2.75, 3.05) is 9.80 Å². The molecule has 3 heteroatoms. The van der Waals surface area contributed by atoms with Crippen molar-refractivity contribution in [3.8, 4) is 55.6 Å². The van der Waals surface area contributed by atoms with E-state index in [1.54, 1.807) is 11.1 Å². The molecule has 0 saturated heterocycles. The first-order valence-corrected chi connectivity index (χ1v) is 28.5. The van der Waals surface area contributed by atoms with Crippen molar-refractivity contribution in [3.05, 3.63) is 246 Å². The molecule has 0 atom stereocenters. The molecule has 4 fully saturated rings. The summed E-state index contributed by atoms with van der Waals surface area (Å²) in [4.78, 5) is 5.39. The summed E-state index contributed by atoms with van der Waals surface area (Å²) in [6.45, 7) is 7.05. The standard InChI is InChI=1S/C74H59BN2/c1-45-16-7-11-28-65(45)76-67-35-34-53(49-30-32-50(33-31-49)57-22-14-25-61-70(57)58-21-8-9-23-59(58)73(61,2)3)42-64(67)75-63-27-15-26-62-72(63)77(66-29-12-10-24-60(66)74(62)55-37-46-36-47(39-55)40-56(74)38-46)69-44-54(43-68(76)71(69)75)52-20-13-19-51(41-52)48-17-5-4-6-18-48/h4-35,41-44,46-47,55-56H,36-40H2,1-3H3. The fourth-order valence-corrected chi connectivity index (χ4v) is 17.4. The van der Waals surface area contributed by atoms with Crippen LogP contribution in [0.25, 0.3) is 55.6 Å². The lowest BCUT2D eigenvalue weighted by atomic mass is 9.32. The van der Waals surface area contributed by atoms with Crippen LogP contribution in [0.2, 0.25) is 0 Å². The van der Waals surface area contributed by atoms with Crippen molar-refractivity contribution in [1.29, 1.82) is 0 Å². The van der Waals surface area contributed by atoms with Crippen molar-refractivity contribution in [3.63, 3.8) is 0 Å². The van der Waals surface area contributed by atoms with E-state index < -0.39 is 0 Å². The molecule has 0 unspecified atom stereocenters. The molecule has 10 aromatic rings. The summed E-state index contributed by atoms with van der Waals surface area (Å²) < 4.78 is 0. The molecule has 0 N–H and O–H groups in total. The van der Waals surface area contributed by atoms with Gasteiger partial charge in [-0.15, -0.1) is 0 Å². The Kier molecular flexibility index (Phi) is 9.13. The van der Waals surface area contributed by atoms with E-state index in [1.807, 2.05) is 0 Å². The summed E-state index contributed by atoms with van der Waals surface area (Å²) in [5.74, 6) is 3.04. The SMILES string of the molecule is Cc1ccccc1N1c2ccc(-c3ccc(-c4cccc5c4-c4ccccc4C5(C)C)cc3)cc2B2c3cccc4c3N(c3ccccc3C43C4CC5CC(C4)CC3C5)c3cc(-c4cccc(-c5ccccc5)c4)cc1c32. The second-order valence-electron chi connectivity index (χ2n) is 24.4. The van der Waals surface area contributed by atoms with Gasteiger partial charge in [0.15, 0.2) is 0 Å². The highest BCUT2D eigenvalue weighted by atomic mass is 15.2. The first kappa shape index (κ1) is 44.0. The number of rotatable bonds is 5. The van der Waals surface area contributed by atoms with Gasteiger partial charge < -0.3 is 9.80 Å². The lowest BCUT2D eigenvalue weighted by Gasteiger charge is -2.64. The van der Waals surface area contributed by atoms with Crippen LogP contribution in [0, 0.1) is 30.6 Å². The van der Waals surface area contributed by atoms with Crippen LogP contribution in [0.5, 0.6) is 0 Å². The number of nitrogens with zero attached hydrogens (tertiary/aromatic N) is 2. The van der Waals surface area contributed by atoms with Gasteiger partial charge in [-0.05, 0) is 199 Å². The van der Waals surface area contributed by atoms with E-state index in [2.05, 4.69) is 249 Å². The summed E-state index contributed by atoms with van der Waals surface area (Å²) in [6.07, 6.45) is 6.85. The molecule has 10 aromatic carbocycles. The molecule has 4 saturated carbocycles. The van der Waals surface area contributed by atoms with Gasteiger partial charge in [0.2, 0.25) is 0 Å². The van der Waals surface area contributed by atoms with Crippen LogP contribution in [0.4, 0.5) is 34.1 Å². The Morgan fingerprint density at radius 3 is 1.71 bits per heavy atom. The normalized spacial score (nSPS) is 21.8. The molecule has 1 spiro atoms. The van der Waals surface area contributed by atoms with E-state index in [0.717, 1.165) is 11.8 Å². The average Bonchev–Trinajstić information content (AvgIpc) is 3.82. The number of aryl methyl sites for hydroxylation is 1. The molecular weight excluding hydrogens is 928 g/mol. The van der Waals surface area contributed by atoms with Crippen molar-refractivity contribution in [1.82, 2.24) is 0 Å². The molecule has 4 bridgehead atoms. The van der Waals surface area contributed by atoms with Gasteiger partial charge in [-0.25, -0.2) is 0 Å². The van der Waals surface area contributed by atoms with Gasteiger partial charge in [0, 0.05) is 39.3 Å². The van der Waals surface area contributed by atoms with Crippen molar-refractivity contribution < 1.29 is 0 Å². The van der Waals surface area contributed by atoms with Gasteiger partial charge >= 0.3 is 0 Å². The third kappa shape index (κ3) is 5.98. The van der Waals surface area contributed by atoms with Crippen LogP contribution in [0.15, 0.2) is 218 Å². The molecule has 8 aliphatic rings. The van der Waals surface area contributed by atoms with E-state index in [-0.39, 0.29) is 17.5 Å². The van der Waals surface area contributed by atoms with Gasteiger partial charge in [-0.1, -0.05) is 196 Å². The smallest absolute Gasteiger partial charge is 0.252 e. The molecule has 0 aromatic heterocycles. The highest BCUT2D eigenvalue weighted by molar-refractivity contribution is 7.00. The zero-order valence-electron chi connectivity index (χ0n) is 44.1. The lowest BCUT2D eigenvalue weighted by Crippen LogP contribution is -2.64. The monoisotopic (exact) mass is 986 g/mol. The maximum absolute atomic E-state index is 2.76. The van der Waals surface area contributed by atoms with Crippen LogP contribution in [-0.2, 0) is 10.8 Å². The highest BCUT2D eigenvalue weighted by Gasteiger charge is 2.62. The highest BCUT2D eigenvalue weighted by Crippen LogP contribution is 2.70. The second kappa shape index (κ2) is 16.0. The molecular formula is C74H59BN2. The minimum absolute atomic E-state index is 0.00119. The molecule has 5 aliphatic carbocycles. The maximum atomic E-state index is 2.76. The summed E-state index contributed by atoms with van der Waals surface area (Å²) in [5, 5.41) is 0. The van der Waals surface area contributed by atoms with E-state index in [0.29, 0.717) is 11.8 Å². The second-order valence-corrected chi connectivity index (χ2v) is 24.4. The van der Waals surface area contributed by atoms with Gasteiger partial charge in [-0.2, -0.15) is 0 Å². The third-order valence-electron chi connectivity index (χ3n) is 20.3. The summed E-state index contributed by atoms with van der Waals surface area (Å²) in [7, 11) is 0. The van der Waals surface area contributed by atoms with Crippen LogP contribution >= 0.6 is 0 Å². The Hall–Kier alpha value is -8.14. The molecule has 2 nitrogen and oxygen atoms in total. The summed E-state index contributed by atoms with van der Waals surface area (Å²) >= 11 is 0. The fraction of sp³-hybridized carbons (Fsp3) is 0.189. The number of fused-ring (bicyclic) bond motifs is 9. The van der Waals surface area contributed by atoms with Crippen LogP contribution < -0.4 is 26.2 Å². The van der Waals surface area contributed by atoms with Gasteiger partial charge in [0.1, 0.15) is 0 Å². The molecule has 3 heterocycles. The predicted molar refractivity (Wildman–Crippen MR) is 322 cm³/mol. The lowest BCUT2D eigenvalue weighted by molar-refractivity contribution is -0.0419. The van der Waals surface area contributed by atoms with Gasteiger partial charge in [0.25, 0.3) is 6.71 Å². The van der Waals surface area contributed by atoms with Gasteiger partial charge in [-0.3, -0.25) is 0 Å². The summed E-state index contributed by atoms with van der Waals surface area (Å²) in [6, 6.07) is 84.4. The Balaban J connectivity index is 0.901. The van der Waals surface area contributed by atoms with E-state index in [9.17, 15) is 0 Å². The molecule has 18 rings (SSSR count). The van der Waals surface area contributed by atoms with E-state index in [1.165, 1.54) is 155 Å². The largest absolute Gasteiger partial charge is 0.311 e. The number of hydrogen-bond acceptors (Lipinski definition) is 2. The predicted octanol–water partition coefficient (Wildman–Crippen LogP) is 17.1. The summed E-state index contributed by atoms with van der Waals surface area (Å²) in [5.41, 5.74) is 32.0. The zero-order chi connectivity index (χ0) is 50.9. The Morgan fingerprint density at radius 1 is 0.377 bits per heavy atom. The van der Waals surface area contributed by atoms with Crippen LogP contribution in [0.1, 0.15) is 73.8 Å². The van der Waals surface area contributed by atoms with Crippen molar-refractivity contribution >= 4 is 57.2 Å². The van der Waals surface area contributed by atoms with E-state index >= 15 is 0 Å². The molecule has 0 amide bonds. The number of hydrogen-bond donors (Lipinski definition) is 0.